The van der Waals surface area contributed by atoms with Crippen molar-refractivity contribution in [1.82, 2.24) is 0 Å². The molecule has 3 heteroatoms. The topological polar surface area (TPSA) is 38.3 Å². The molecule has 0 aliphatic heterocycles. The molecule has 0 aliphatic rings. The van der Waals surface area contributed by atoms with Crippen LogP contribution in [0.25, 0.3) is 0 Å². The number of anilines is 1. The third kappa shape index (κ3) is 3.62. The molecule has 0 aromatic heterocycles. The number of benzene rings is 1. The number of nitrogens with one attached hydrogen (secondary N) is 1. The van der Waals surface area contributed by atoms with Gasteiger partial charge in [0.25, 0.3) is 0 Å². The van der Waals surface area contributed by atoms with Crippen molar-refractivity contribution in [3.05, 3.63) is 29.3 Å². The summed E-state index contributed by atoms with van der Waals surface area (Å²) in [7, 11) is 0. The summed E-state index contributed by atoms with van der Waals surface area (Å²) in [5.41, 5.74) is 3.12. The fourth-order valence-electron chi connectivity index (χ4n) is 1.18. The maximum atomic E-state index is 11.3. The Bertz CT molecular complexity index is 359. The number of aryl methyl sites for hydroxylation is 2. The van der Waals surface area contributed by atoms with Crippen molar-refractivity contribution in [3.63, 3.8) is 0 Å². The molecule has 0 saturated carbocycles. The first kappa shape index (κ1) is 11.6. The van der Waals surface area contributed by atoms with Gasteiger partial charge in [0.1, 0.15) is 0 Å². The Balaban J connectivity index is 2.65. The van der Waals surface area contributed by atoms with Crippen LogP contribution in [0.3, 0.4) is 0 Å². The van der Waals surface area contributed by atoms with Gasteiger partial charge in [0.2, 0.25) is 0 Å². The van der Waals surface area contributed by atoms with E-state index in [0.717, 1.165) is 11.3 Å². The predicted octanol–water partition coefficient (Wildman–Crippen LogP) is 3.26. The van der Waals surface area contributed by atoms with E-state index in [1.807, 2.05) is 45.9 Å². The summed E-state index contributed by atoms with van der Waals surface area (Å²) in [5.74, 6) is 0. The molecule has 1 N–H and O–H groups in total. The number of hydrogen-bond acceptors (Lipinski definition) is 2. The van der Waals surface area contributed by atoms with E-state index in [1.165, 1.54) is 5.56 Å². The highest BCUT2D eigenvalue weighted by molar-refractivity contribution is 5.84. The molecule has 1 aromatic rings. The first-order valence-electron chi connectivity index (χ1n) is 5.04. The third-order valence-electron chi connectivity index (χ3n) is 2.10. The van der Waals surface area contributed by atoms with E-state index in [1.54, 1.807) is 0 Å². The fraction of sp³-hybridized carbons (Fsp3) is 0.417. The Hall–Kier alpha value is -1.51. The summed E-state index contributed by atoms with van der Waals surface area (Å²) in [6.45, 7) is 7.68. The van der Waals surface area contributed by atoms with E-state index in [-0.39, 0.29) is 6.10 Å². The Morgan fingerprint density at radius 1 is 1.27 bits per heavy atom. The second-order valence-corrected chi connectivity index (χ2v) is 3.88. The first-order chi connectivity index (χ1) is 6.99. The van der Waals surface area contributed by atoms with Crippen molar-refractivity contribution in [2.45, 2.75) is 33.8 Å². The van der Waals surface area contributed by atoms with Crippen molar-refractivity contribution in [2.75, 3.05) is 5.32 Å². The summed E-state index contributed by atoms with van der Waals surface area (Å²) in [4.78, 5) is 11.3. The molecule has 1 rings (SSSR count). The molecule has 0 atom stereocenters. The van der Waals surface area contributed by atoms with Crippen LogP contribution in [0, 0.1) is 13.8 Å². The Morgan fingerprint density at radius 2 is 1.93 bits per heavy atom. The number of carbonyl (C=O) groups excluding carboxylic acids is 1. The lowest BCUT2D eigenvalue weighted by Crippen LogP contribution is -2.18. The number of carbonyl (C=O) groups is 1. The zero-order valence-corrected chi connectivity index (χ0v) is 9.63. The standard InChI is InChI=1S/C12H17NO2/c1-8(2)15-12(14)13-11-6-5-9(3)10(4)7-11/h5-8H,1-4H3,(H,13,14). The van der Waals surface area contributed by atoms with Gasteiger partial charge >= 0.3 is 6.09 Å². The minimum atomic E-state index is -0.409. The number of amides is 1. The molecule has 0 aliphatic carbocycles. The van der Waals surface area contributed by atoms with Crippen LogP contribution in [0.1, 0.15) is 25.0 Å². The summed E-state index contributed by atoms with van der Waals surface area (Å²) in [5, 5.41) is 2.68. The summed E-state index contributed by atoms with van der Waals surface area (Å²) in [6, 6.07) is 5.77. The molecule has 1 aromatic carbocycles. The SMILES string of the molecule is Cc1ccc(NC(=O)OC(C)C)cc1C. The van der Waals surface area contributed by atoms with Gasteiger partial charge < -0.3 is 4.74 Å². The van der Waals surface area contributed by atoms with Gasteiger partial charge in [-0.2, -0.15) is 0 Å². The van der Waals surface area contributed by atoms with Gasteiger partial charge in [-0.25, -0.2) is 4.79 Å². The Morgan fingerprint density at radius 3 is 2.47 bits per heavy atom. The zero-order valence-electron chi connectivity index (χ0n) is 9.63. The molecule has 3 nitrogen and oxygen atoms in total. The second-order valence-electron chi connectivity index (χ2n) is 3.88. The minimum Gasteiger partial charge on any atom is -0.447 e. The zero-order chi connectivity index (χ0) is 11.4. The van der Waals surface area contributed by atoms with Gasteiger partial charge in [0.05, 0.1) is 6.10 Å². The highest BCUT2D eigenvalue weighted by Gasteiger charge is 2.05. The Kier molecular flexibility index (Phi) is 3.72. The molecule has 0 bridgehead atoms. The van der Waals surface area contributed by atoms with Gasteiger partial charge in [-0.15, -0.1) is 0 Å². The number of ether oxygens (including phenoxy) is 1. The van der Waals surface area contributed by atoms with Gasteiger partial charge in [0, 0.05) is 5.69 Å². The smallest absolute Gasteiger partial charge is 0.411 e. The van der Waals surface area contributed by atoms with Crippen molar-refractivity contribution < 1.29 is 9.53 Å². The lowest BCUT2D eigenvalue weighted by Gasteiger charge is -2.10. The second kappa shape index (κ2) is 4.82. The summed E-state index contributed by atoms with van der Waals surface area (Å²) >= 11 is 0. The average Bonchev–Trinajstić information content (AvgIpc) is 2.10. The molecule has 0 unspecified atom stereocenters. The van der Waals surface area contributed by atoms with Crippen LogP contribution in [0.15, 0.2) is 18.2 Å². The molecule has 0 saturated heterocycles. The highest BCUT2D eigenvalue weighted by Crippen LogP contribution is 2.14. The van der Waals surface area contributed by atoms with Crippen LogP contribution in [0.4, 0.5) is 10.5 Å². The summed E-state index contributed by atoms with van der Waals surface area (Å²) in [6.07, 6.45) is -0.509. The fourth-order valence-corrected chi connectivity index (χ4v) is 1.18. The van der Waals surface area contributed by atoms with Crippen molar-refractivity contribution in [1.29, 1.82) is 0 Å². The molecular weight excluding hydrogens is 190 g/mol. The maximum Gasteiger partial charge on any atom is 0.411 e. The lowest BCUT2D eigenvalue weighted by atomic mass is 10.1. The first-order valence-corrected chi connectivity index (χ1v) is 5.04. The molecule has 1 amide bonds. The largest absolute Gasteiger partial charge is 0.447 e. The van der Waals surface area contributed by atoms with Gasteiger partial charge in [-0.05, 0) is 51.0 Å². The van der Waals surface area contributed by atoms with Gasteiger partial charge in [0.15, 0.2) is 0 Å². The van der Waals surface area contributed by atoms with Crippen molar-refractivity contribution in [3.8, 4) is 0 Å². The molecular formula is C12H17NO2. The van der Waals surface area contributed by atoms with Gasteiger partial charge in [-0.3, -0.25) is 5.32 Å². The van der Waals surface area contributed by atoms with Crippen LogP contribution in [-0.2, 0) is 4.74 Å². The van der Waals surface area contributed by atoms with Crippen LogP contribution >= 0.6 is 0 Å². The van der Waals surface area contributed by atoms with Crippen molar-refractivity contribution in [2.24, 2.45) is 0 Å². The van der Waals surface area contributed by atoms with Gasteiger partial charge in [-0.1, -0.05) is 6.07 Å². The molecule has 0 fully saturated rings. The quantitative estimate of drug-likeness (QED) is 0.808. The van der Waals surface area contributed by atoms with Crippen LogP contribution in [0.2, 0.25) is 0 Å². The number of hydrogen-bond donors (Lipinski definition) is 1. The monoisotopic (exact) mass is 207 g/mol. The predicted molar refractivity (Wildman–Crippen MR) is 61.2 cm³/mol. The van der Waals surface area contributed by atoms with E-state index < -0.39 is 6.09 Å². The number of rotatable bonds is 2. The van der Waals surface area contributed by atoms with Crippen molar-refractivity contribution >= 4 is 11.8 Å². The molecule has 15 heavy (non-hydrogen) atoms. The molecule has 0 heterocycles. The average molecular weight is 207 g/mol. The van der Waals surface area contributed by atoms with E-state index in [2.05, 4.69) is 5.32 Å². The Labute approximate surface area is 90.4 Å². The lowest BCUT2D eigenvalue weighted by molar-refractivity contribution is 0.130. The highest BCUT2D eigenvalue weighted by atomic mass is 16.6. The summed E-state index contributed by atoms with van der Waals surface area (Å²) < 4.78 is 4.97. The molecule has 0 spiro atoms. The maximum absolute atomic E-state index is 11.3. The van der Waals surface area contributed by atoms with Crippen LogP contribution < -0.4 is 5.32 Å². The van der Waals surface area contributed by atoms with E-state index in [4.69, 9.17) is 4.74 Å². The van der Waals surface area contributed by atoms with E-state index >= 15 is 0 Å². The third-order valence-corrected chi connectivity index (χ3v) is 2.10. The van der Waals surface area contributed by atoms with E-state index in [9.17, 15) is 4.79 Å². The normalized spacial score (nSPS) is 10.2. The van der Waals surface area contributed by atoms with E-state index in [0.29, 0.717) is 0 Å². The minimum absolute atomic E-state index is 0.100. The molecule has 0 radical (unpaired) electrons. The van der Waals surface area contributed by atoms with Crippen LogP contribution in [0.5, 0.6) is 0 Å². The molecule has 82 valence electrons. The van der Waals surface area contributed by atoms with Crippen LogP contribution in [-0.4, -0.2) is 12.2 Å².